The Morgan fingerprint density at radius 1 is 0.831 bits per heavy atom. The van der Waals surface area contributed by atoms with Crippen LogP contribution in [0.15, 0.2) is 115 Å². The molecule has 77 heavy (non-hydrogen) atoms. The molecular formula is C62H71F2N7O5Si. The Kier molecular flexibility index (Phi) is 14.7. The molecule has 3 atom stereocenters. The number of aryl methyl sites for hydroxylation is 1. The number of ether oxygens (including phenoxy) is 4. The largest absolute Gasteiger partial charge is 0.497 e. The Hall–Kier alpha value is -6.68. The molecule has 402 valence electrons. The first-order valence-corrected chi connectivity index (χ1v) is 29.3. The Morgan fingerprint density at radius 2 is 1.47 bits per heavy atom. The van der Waals surface area contributed by atoms with Gasteiger partial charge in [0, 0.05) is 50.5 Å². The van der Waals surface area contributed by atoms with Gasteiger partial charge in [-0.3, -0.25) is 4.90 Å². The fourth-order valence-electron chi connectivity index (χ4n) is 12.5. The van der Waals surface area contributed by atoms with Crippen LogP contribution in [0.25, 0.3) is 22.2 Å². The number of methoxy groups -OCH3 is 2. The Balaban J connectivity index is 1.01. The summed E-state index contributed by atoms with van der Waals surface area (Å²) < 4.78 is 65.5. The number of pyridine rings is 2. The van der Waals surface area contributed by atoms with Crippen LogP contribution in [0.5, 0.6) is 23.4 Å². The van der Waals surface area contributed by atoms with Gasteiger partial charge < -0.3 is 33.2 Å². The molecule has 1 aliphatic carbocycles. The van der Waals surface area contributed by atoms with Gasteiger partial charge in [-0.2, -0.15) is 9.97 Å². The van der Waals surface area contributed by atoms with E-state index >= 15 is 8.78 Å². The molecule has 0 spiro atoms. The van der Waals surface area contributed by atoms with Crippen molar-refractivity contribution in [3.63, 3.8) is 0 Å². The molecule has 4 aromatic carbocycles. The van der Waals surface area contributed by atoms with E-state index in [1.54, 1.807) is 14.2 Å². The number of likely N-dealkylation sites (N-methyl/N-ethyl adjacent to an activating group) is 1. The number of aromatic nitrogens is 4. The maximum Gasteiger partial charge on any atom is 0.319 e. The Morgan fingerprint density at radius 3 is 2.05 bits per heavy atom. The SMILES string of the molecule is CCN1c2nc(OC[C@@]34CCCN3C[C@H](F)C4)nc3c(F)c(-c4cc(N(Cc5ccc(OC)cc5)Cc5ccc(OC)cc5)nc(C)c4C4CC4)nc(c23)OC[C@@H]1CCO[Si](c1ccccc1)(c1ccccc1)C(C)(C)C. The first kappa shape index (κ1) is 52.4. The smallest absolute Gasteiger partial charge is 0.319 e. The van der Waals surface area contributed by atoms with Gasteiger partial charge in [-0.1, -0.05) is 106 Å². The monoisotopic (exact) mass is 1060 g/mol. The van der Waals surface area contributed by atoms with E-state index in [2.05, 4.69) is 127 Å². The third-order valence-corrected chi connectivity index (χ3v) is 21.5. The van der Waals surface area contributed by atoms with Crippen LogP contribution in [0, 0.1) is 12.7 Å². The van der Waals surface area contributed by atoms with Crippen molar-refractivity contribution in [3.8, 4) is 34.6 Å². The predicted octanol–water partition coefficient (Wildman–Crippen LogP) is 11.1. The number of nitrogens with zero attached hydrogens (tertiary/aromatic N) is 7. The van der Waals surface area contributed by atoms with Crippen LogP contribution in [0.3, 0.4) is 0 Å². The molecule has 0 radical (unpaired) electrons. The molecule has 4 aliphatic rings. The molecule has 3 fully saturated rings. The summed E-state index contributed by atoms with van der Waals surface area (Å²) in [5.41, 5.74) is 4.28. The van der Waals surface area contributed by atoms with Crippen molar-refractivity contribution in [2.75, 3.05) is 63.5 Å². The zero-order chi connectivity index (χ0) is 53.5. The third-order valence-electron chi connectivity index (χ3n) is 16.5. The van der Waals surface area contributed by atoms with Crippen molar-refractivity contribution in [3.05, 3.63) is 143 Å². The van der Waals surface area contributed by atoms with Gasteiger partial charge in [0.2, 0.25) is 5.88 Å². The van der Waals surface area contributed by atoms with Gasteiger partial charge in [-0.25, -0.2) is 18.7 Å². The molecule has 11 rings (SSSR count). The summed E-state index contributed by atoms with van der Waals surface area (Å²) in [6, 6.07) is 39.2. The van der Waals surface area contributed by atoms with Gasteiger partial charge in [0.25, 0.3) is 8.32 Å². The van der Waals surface area contributed by atoms with E-state index < -0.39 is 25.8 Å². The lowest BCUT2D eigenvalue weighted by atomic mass is 9.95. The number of alkyl halides is 1. The molecule has 7 aromatic rings. The molecule has 3 aromatic heterocycles. The normalized spacial score (nSPS) is 19.5. The van der Waals surface area contributed by atoms with Crippen LogP contribution >= 0.6 is 0 Å². The minimum absolute atomic E-state index is 0.0415. The molecule has 6 heterocycles. The number of halogens is 2. The second kappa shape index (κ2) is 21.6. The lowest BCUT2D eigenvalue weighted by Crippen LogP contribution is -2.66. The quantitative estimate of drug-likeness (QED) is 0.0720. The molecule has 1 saturated carbocycles. The topological polar surface area (TPSA) is 107 Å². The summed E-state index contributed by atoms with van der Waals surface area (Å²) >= 11 is 0. The number of fused-ring (bicyclic) bond motifs is 1. The molecular weight excluding hydrogens is 989 g/mol. The molecule has 0 amide bonds. The van der Waals surface area contributed by atoms with Crippen molar-refractivity contribution >= 4 is 41.2 Å². The number of hydrogen-bond acceptors (Lipinski definition) is 12. The van der Waals surface area contributed by atoms with Gasteiger partial charge in [-0.15, -0.1) is 0 Å². The summed E-state index contributed by atoms with van der Waals surface area (Å²) in [5, 5.41) is 2.57. The van der Waals surface area contributed by atoms with Crippen molar-refractivity contribution in [1.82, 2.24) is 24.8 Å². The van der Waals surface area contributed by atoms with Gasteiger partial charge in [0.05, 0.1) is 25.8 Å². The van der Waals surface area contributed by atoms with Gasteiger partial charge >= 0.3 is 6.01 Å². The highest BCUT2D eigenvalue weighted by Crippen LogP contribution is 2.49. The highest BCUT2D eigenvalue weighted by Gasteiger charge is 2.51. The average Bonchev–Trinajstić information content (AvgIpc) is 4.33. The summed E-state index contributed by atoms with van der Waals surface area (Å²) in [5.74, 6) is 2.56. The third kappa shape index (κ3) is 10.2. The van der Waals surface area contributed by atoms with E-state index in [9.17, 15) is 0 Å². The molecule has 3 aliphatic heterocycles. The molecule has 2 saturated heterocycles. The zero-order valence-corrected chi connectivity index (χ0v) is 46.5. The van der Waals surface area contributed by atoms with Crippen LogP contribution in [0.4, 0.5) is 20.4 Å². The molecule has 0 N–H and O–H groups in total. The van der Waals surface area contributed by atoms with E-state index in [4.69, 9.17) is 43.3 Å². The van der Waals surface area contributed by atoms with Crippen LogP contribution in [0.2, 0.25) is 5.04 Å². The minimum Gasteiger partial charge on any atom is -0.497 e. The first-order valence-electron chi connectivity index (χ1n) is 27.4. The van der Waals surface area contributed by atoms with Crippen molar-refractivity contribution in [2.45, 2.75) is 115 Å². The number of benzene rings is 4. The fourth-order valence-corrected chi connectivity index (χ4v) is 17.1. The van der Waals surface area contributed by atoms with E-state index in [1.165, 1.54) is 10.4 Å². The van der Waals surface area contributed by atoms with Crippen LogP contribution in [-0.4, -0.2) is 105 Å². The van der Waals surface area contributed by atoms with E-state index in [-0.39, 0.29) is 53.3 Å². The first-order chi connectivity index (χ1) is 37.3. The predicted molar refractivity (Wildman–Crippen MR) is 302 cm³/mol. The molecule has 0 bridgehead atoms. The van der Waals surface area contributed by atoms with E-state index in [0.29, 0.717) is 68.2 Å². The van der Waals surface area contributed by atoms with E-state index in [1.807, 2.05) is 37.3 Å². The van der Waals surface area contributed by atoms with Gasteiger partial charge in [0.15, 0.2) is 5.82 Å². The highest BCUT2D eigenvalue weighted by molar-refractivity contribution is 6.99. The summed E-state index contributed by atoms with van der Waals surface area (Å²) in [6.45, 7) is 14.6. The lowest BCUT2D eigenvalue weighted by molar-refractivity contribution is 0.107. The van der Waals surface area contributed by atoms with E-state index in [0.717, 1.165) is 66.1 Å². The summed E-state index contributed by atoms with van der Waals surface area (Å²) in [7, 11) is 0.434. The fraction of sp³-hybridized carbons (Fsp3) is 0.419. The van der Waals surface area contributed by atoms with Crippen molar-refractivity contribution in [1.29, 1.82) is 0 Å². The van der Waals surface area contributed by atoms with Crippen LogP contribution < -0.4 is 39.1 Å². The number of hydrogen-bond donors (Lipinski definition) is 0. The lowest BCUT2D eigenvalue weighted by Gasteiger charge is -2.43. The minimum atomic E-state index is -2.89. The van der Waals surface area contributed by atoms with Crippen LogP contribution in [-0.2, 0) is 17.5 Å². The Labute approximate surface area is 452 Å². The molecule has 0 unspecified atom stereocenters. The van der Waals surface area contributed by atoms with Gasteiger partial charge in [-0.05, 0) is 121 Å². The number of anilines is 2. The summed E-state index contributed by atoms with van der Waals surface area (Å²) in [4.78, 5) is 27.2. The number of rotatable bonds is 19. The van der Waals surface area contributed by atoms with Crippen molar-refractivity contribution in [2.24, 2.45) is 0 Å². The maximum absolute atomic E-state index is 18.4. The second-order valence-electron chi connectivity index (χ2n) is 22.4. The molecule has 15 heteroatoms. The van der Waals surface area contributed by atoms with Crippen molar-refractivity contribution < 1.29 is 32.2 Å². The molecule has 12 nitrogen and oxygen atoms in total. The average molecular weight is 1060 g/mol. The Bertz CT molecular complexity index is 3110. The summed E-state index contributed by atoms with van der Waals surface area (Å²) in [6.07, 6.45) is 3.71. The standard InChI is InChI=1S/C62H71F2N7O5Si/c1-8-71-46(30-33-76-77(61(3,4)5,49-16-11-9-12-17-49)50-18-13-10-14-19-50)39-74-59-54-57(67-60(68-58(54)71)75-40-62-31-15-32-70(62)38-45(63)35-62)55(64)56(66-59)51-34-52(65-41(2)53(51)44-24-25-44)69(36-42-20-26-47(72-6)27-21-42)37-43-22-28-48(73-7)29-23-43/h9-14,16-23,26-29,34,44-46H,8,15,24-25,30-33,35-40H2,1-7H3/t45-,46+,62+/m1/s1. The highest BCUT2D eigenvalue weighted by atomic mass is 28.4. The van der Waals surface area contributed by atoms with Gasteiger partial charge in [0.1, 0.15) is 59.1 Å². The maximum atomic E-state index is 18.4. The zero-order valence-electron chi connectivity index (χ0n) is 45.5. The second-order valence-corrected chi connectivity index (χ2v) is 26.7. The van der Waals surface area contributed by atoms with Crippen LogP contribution in [0.1, 0.15) is 94.5 Å².